The number of nitriles is 1. The molecule has 0 aliphatic carbocycles. The summed E-state index contributed by atoms with van der Waals surface area (Å²) in [4.78, 5) is 4.58. The summed E-state index contributed by atoms with van der Waals surface area (Å²) >= 11 is 1.41. The van der Waals surface area contributed by atoms with Gasteiger partial charge in [0.1, 0.15) is 22.5 Å². The Labute approximate surface area is 156 Å². The summed E-state index contributed by atoms with van der Waals surface area (Å²) in [5.41, 5.74) is 5.89. The number of allylic oxidation sites excluding steroid dienone is 1. The summed E-state index contributed by atoms with van der Waals surface area (Å²) in [7, 11) is 0. The monoisotopic (exact) mass is 363 g/mol. The number of rotatable bonds is 4. The molecule has 26 heavy (non-hydrogen) atoms. The van der Waals surface area contributed by atoms with Crippen LogP contribution in [0, 0.1) is 37.9 Å². The fourth-order valence-electron chi connectivity index (χ4n) is 2.41. The van der Waals surface area contributed by atoms with Crippen molar-refractivity contribution < 1.29 is 4.39 Å². The molecule has 1 N–H and O–H groups in total. The lowest BCUT2D eigenvalue weighted by atomic mass is 10.1. The largest absolute Gasteiger partial charge is 0.360 e. The Morgan fingerprint density at radius 3 is 2.58 bits per heavy atom. The molecule has 0 aliphatic heterocycles. The van der Waals surface area contributed by atoms with Crippen LogP contribution in [0.15, 0.2) is 48.0 Å². The summed E-state index contributed by atoms with van der Waals surface area (Å²) in [5.74, 6) is -0.284. The minimum Gasteiger partial charge on any atom is -0.360 e. The zero-order valence-corrected chi connectivity index (χ0v) is 15.6. The molecule has 0 unspecified atom stereocenters. The Morgan fingerprint density at radius 1 is 1.12 bits per heavy atom. The average molecular weight is 363 g/mol. The topological polar surface area (TPSA) is 48.7 Å². The average Bonchev–Trinajstić information content (AvgIpc) is 3.11. The summed E-state index contributed by atoms with van der Waals surface area (Å²) in [5, 5.41) is 15.0. The van der Waals surface area contributed by atoms with Crippen LogP contribution in [-0.2, 0) is 0 Å². The molecule has 2 aromatic carbocycles. The maximum Gasteiger partial charge on any atom is 0.136 e. The Bertz CT molecular complexity index is 1030. The normalized spacial score (nSPS) is 11.3. The van der Waals surface area contributed by atoms with E-state index in [1.165, 1.54) is 28.5 Å². The van der Waals surface area contributed by atoms with Gasteiger partial charge < -0.3 is 5.32 Å². The number of hydrogen-bond donors (Lipinski definition) is 1. The molecule has 3 nitrogen and oxygen atoms in total. The first-order valence-corrected chi connectivity index (χ1v) is 9.02. The minimum absolute atomic E-state index is 0.284. The molecule has 0 radical (unpaired) electrons. The molecule has 0 fully saturated rings. The van der Waals surface area contributed by atoms with Gasteiger partial charge in [-0.2, -0.15) is 5.26 Å². The fraction of sp³-hybridized carbons (Fsp3) is 0.143. The van der Waals surface area contributed by atoms with E-state index in [4.69, 9.17) is 0 Å². The van der Waals surface area contributed by atoms with Gasteiger partial charge in [-0.25, -0.2) is 9.37 Å². The van der Waals surface area contributed by atoms with E-state index < -0.39 is 0 Å². The fourth-order valence-corrected chi connectivity index (χ4v) is 3.21. The van der Waals surface area contributed by atoms with Gasteiger partial charge in [0.05, 0.1) is 5.69 Å². The first kappa shape index (κ1) is 17.8. The SMILES string of the molecule is Cc1ccc(-c2csc(C(C#N)=CNc3ccc(C)c(F)c3)n2)cc1C. The predicted molar refractivity (Wildman–Crippen MR) is 105 cm³/mol. The zero-order valence-electron chi connectivity index (χ0n) is 14.8. The Kier molecular flexibility index (Phi) is 5.15. The van der Waals surface area contributed by atoms with Crippen molar-refractivity contribution in [1.82, 2.24) is 4.98 Å². The lowest BCUT2D eigenvalue weighted by Crippen LogP contribution is -1.93. The first-order chi connectivity index (χ1) is 12.5. The van der Waals surface area contributed by atoms with Crippen molar-refractivity contribution in [2.24, 2.45) is 0 Å². The van der Waals surface area contributed by atoms with Crippen molar-refractivity contribution in [2.45, 2.75) is 20.8 Å². The molecule has 0 saturated carbocycles. The molecule has 1 heterocycles. The second-order valence-electron chi connectivity index (χ2n) is 6.12. The number of thiazole rings is 1. The van der Waals surface area contributed by atoms with E-state index in [0.29, 0.717) is 21.8 Å². The summed E-state index contributed by atoms with van der Waals surface area (Å²) in [6.45, 7) is 5.85. The van der Waals surface area contributed by atoms with E-state index in [2.05, 4.69) is 42.4 Å². The van der Waals surface area contributed by atoms with E-state index in [1.54, 1.807) is 25.3 Å². The number of nitrogens with one attached hydrogen (secondary N) is 1. The molecule has 3 aromatic rings. The van der Waals surface area contributed by atoms with Crippen LogP contribution in [0.25, 0.3) is 16.8 Å². The van der Waals surface area contributed by atoms with Crippen LogP contribution in [0.5, 0.6) is 0 Å². The summed E-state index contributed by atoms with van der Waals surface area (Å²) in [6, 6.07) is 13.2. The third-order valence-electron chi connectivity index (χ3n) is 4.21. The second kappa shape index (κ2) is 7.51. The van der Waals surface area contributed by atoms with Crippen LogP contribution in [-0.4, -0.2) is 4.98 Å². The first-order valence-electron chi connectivity index (χ1n) is 8.14. The van der Waals surface area contributed by atoms with Gasteiger partial charge in [0.15, 0.2) is 0 Å². The molecule has 1 aromatic heterocycles. The molecule has 0 saturated heterocycles. The minimum atomic E-state index is -0.284. The van der Waals surface area contributed by atoms with Gasteiger partial charge in [-0.15, -0.1) is 11.3 Å². The van der Waals surface area contributed by atoms with Crippen LogP contribution in [0.4, 0.5) is 10.1 Å². The summed E-state index contributed by atoms with van der Waals surface area (Å²) < 4.78 is 13.6. The Morgan fingerprint density at radius 2 is 1.88 bits per heavy atom. The van der Waals surface area contributed by atoms with Crippen molar-refractivity contribution in [2.75, 3.05) is 5.32 Å². The van der Waals surface area contributed by atoms with Gasteiger partial charge in [0.25, 0.3) is 0 Å². The zero-order chi connectivity index (χ0) is 18.7. The van der Waals surface area contributed by atoms with E-state index in [1.807, 2.05) is 11.4 Å². The number of nitrogens with zero attached hydrogens (tertiary/aromatic N) is 2. The number of halogens is 1. The molecule has 0 aliphatic rings. The molecular weight excluding hydrogens is 345 g/mol. The molecule has 5 heteroatoms. The molecule has 130 valence electrons. The van der Waals surface area contributed by atoms with Crippen LogP contribution in [0.1, 0.15) is 21.7 Å². The van der Waals surface area contributed by atoms with Crippen LogP contribution in [0.3, 0.4) is 0 Å². The third-order valence-corrected chi connectivity index (χ3v) is 5.09. The standard InChI is InChI=1S/C21H18FN3S/c1-13-4-6-16(8-15(13)3)20-12-26-21(25-20)17(10-23)11-24-18-7-5-14(2)19(22)9-18/h4-9,11-12,24H,1-3H3. The molecule has 0 atom stereocenters. The van der Waals surface area contributed by atoms with Gasteiger partial charge in [-0.1, -0.05) is 18.2 Å². The van der Waals surface area contributed by atoms with E-state index in [-0.39, 0.29) is 5.82 Å². The number of anilines is 1. The summed E-state index contributed by atoms with van der Waals surface area (Å²) in [6.07, 6.45) is 1.56. The van der Waals surface area contributed by atoms with Crippen LogP contribution < -0.4 is 5.32 Å². The van der Waals surface area contributed by atoms with Crippen molar-refractivity contribution in [3.63, 3.8) is 0 Å². The quantitative estimate of drug-likeness (QED) is 0.591. The number of hydrogen-bond acceptors (Lipinski definition) is 4. The Hall–Kier alpha value is -2.97. The van der Waals surface area contributed by atoms with Crippen LogP contribution >= 0.6 is 11.3 Å². The second-order valence-corrected chi connectivity index (χ2v) is 6.97. The lowest BCUT2D eigenvalue weighted by molar-refractivity contribution is 0.619. The van der Waals surface area contributed by atoms with Crippen molar-refractivity contribution in [1.29, 1.82) is 5.26 Å². The van der Waals surface area contributed by atoms with Gasteiger partial charge in [0, 0.05) is 22.8 Å². The molecule has 0 spiro atoms. The molecule has 0 bridgehead atoms. The van der Waals surface area contributed by atoms with Gasteiger partial charge in [0.2, 0.25) is 0 Å². The third kappa shape index (κ3) is 3.81. The number of aryl methyl sites for hydroxylation is 3. The van der Waals surface area contributed by atoms with Crippen molar-refractivity contribution >= 4 is 22.6 Å². The van der Waals surface area contributed by atoms with Gasteiger partial charge in [-0.3, -0.25) is 0 Å². The van der Waals surface area contributed by atoms with Crippen LogP contribution in [0.2, 0.25) is 0 Å². The smallest absolute Gasteiger partial charge is 0.136 e. The van der Waals surface area contributed by atoms with Crippen molar-refractivity contribution in [3.05, 3.63) is 75.5 Å². The van der Waals surface area contributed by atoms with Gasteiger partial charge >= 0.3 is 0 Å². The highest BCUT2D eigenvalue weighted by Gasteiger charge is 2.10. The molecular formula is C21H18FN3S. The number of benzene rings is 2. The highest BCUT2D eigenvalue weighted by molar-refractivity contribution is 7.11. The Balaban J connectivity index is 1.84. The van der Waals surface area contributed by atoms with E-state index >= 15 is 0 Å². The maximum atomic E-state index is 13.6. The predicted octanol–water partition coefficient (Wildman–Crippen LogP) is 5.85. The molecule has 3 rings (SSSR count). The molecule has 0 amide bonds. The van der Waals surface area contributed by atoms with E-state index in [0.717, 1.165) is 11.3 Å². The highest BCUT2D eigenvalue weighted by Crippen LogP contribution is 2.27. The highest BCUT2D eigenvalue weighted by atomic mass is 32.1. The lowest BCUT2D eigenvalue weighted by Gasteiger charge is -2.03. The van der Waals surface area contributed by atoms with Gasteiger partial charge in [-0.05, 0) is 55.7 Å². The van der Waals surface area contributed by atoms with E-state index in [9.17, 15) is 9.65 Å². The number of aromatic nitrogens is 1. The maximum absolute atomic E-state index is 13.6. The van der Waals surface area contributed by atoms with Crippen molar-refractivity contribution in [3.8, 4) is 17.3 Å².